The molecule has 2 aromatic heterocycles. The van der Waals surface area contributed by atoms with Crippen molar-refractivity contribution in [3.8, 4) is 22.6 Å². The molecule has 0 aliphatic heterocycles. The zero-order chi connectivity index (χ0) is 34.9. The van der Waals surface area contributed by atoms with Crippen LogP contribution in [0.25, 0.3) is 87.9 Å². The van der Waals surface area contributed by atoms with E-state index in [0.717, 1.165) is 93.5 Å². The molecule has 0 unspecified atom stereocenters. The number of nitrogens with zero attached hydrogens (tertiary/aromatic N) is 2. The molecule has 0 radical (unpaired) electrons. The first-order chi connectivity index (χ1) is 26.3. The first-order valence-corrected chi connectivity index (χ1v) is 17.9. The Hall–Kier alpha value is -7.17. The molecule has 0 saturated heterocycles. The highest BCUT2D eigenvalue weighted by molar-refractivity contribution is 6.30. The van der Waals surface area contributed by atoms with Crippen LogP contribution in [0.2, 0.25) is 0 Å². The number of rotatable bonds is 5. The minimum atomic E-state index is 0.623. The molecule has 0 atom stereocenters. The van der Waals surface area contributed by atoms with Crippen LogP contribution in [-0.2, 0) is 0 Å². The third kappa shape index (κ3) is 4.73. The van der Waals surface area contributed by atoms with E-state index in [2.05, 4.69) is 144 Å². The van der Waals surface area contributed by atoms with Gasteiger partial charge in [-0.3, -0.25) is 0 Å². The number of oxazole rings is 1. The van der Waals surface area contributed by atoms with Crippen molar-refractivity contribution < 1.29 is 8.83 Å². The van der Waals surface area contributed by atoms with Crippen molar-refractivity contribution in [2.45, 2.75) is 0 Å². The Morgan fingerprint density at radius 1 is 0.377 bits per heavy atom. The standard InChI is InChI=1S/C49H30N2O2/c1-3-12-31(13-4-1)34-16-11-17-35(28-34)51(37-25-27-39-38-18-9-10-21-44(38)52-45(39)30-37)36-24-22-32-23-26-42-46(43(32)29-36)40-19-7-8-20-41(40)48-47(42)50-49(53-48)33-14-5-2-6-15-33/h1-30H. The lowest BCUT2D eigenvalue weighted by molar-refractivity contribution is 0.623. The largest absolute Gasteiger partial charge is 0.456 e. The van der Waals surface area contributed by atoms with E-state index in [1.54, 1.807) is 0 Å². The molecule has 0 aliphatic rings. The molecule has 11 aromatic rings. The molecule has 0 bridgehead atoms. The summed E-state index contributed by atoms with van der Waals surface area (Å²) in [5, 5.41) is 8.93. The Kier molecular flexibility index (Phi) is 6.52. The van der Waals surface area contributed by atoms with Crippen LogP contribution in [0.5, 0.6) is 0 Å². The maximum Gasteiger partial charge on any atom is 0.227 e. The van der Waals surface area contributed by atoms with Crippen molar-refractivity contribution in [3.05, 3.63) is 182 Å². The molecule has 0 fully saturated rings. The monoisotopic (exact) mass is 678 g/mol. The SMILES string of the molecule is c1ccc(-c2cccc(N(c3ccc4c(c3)oc3ccccc34)c3ccc4ccc5c6nc(-c7ccccc7)oc6c6ccccc6c5c4c3)c2)cc1. The van der Waals surface area contributed by atoms with Gasteiger partial charge in [0.25, 0.3) is 0 Å². The number of hydrogen-bond acceptors (Lipinski definition) is 4. The van der Waals surface area contributed by atoms with Gasteiger partial charge in [0.1, 0.15) is 16.7 Å². The fourth-order valence-electron chi connectivity index (χ4n) is 7.98. The van der Waals surface area contributed by atoms with E-state index in [1.165, 1.54) is 5.56 Å². The van der Waals surface area contributed by atoms with Crippen LogP contribution in [0.4, 0.5) is 17.1 Å². The second-order valence-corrected chi connectivity index (χ2v) is 13.5. The van der Waals surface area contributed by atoms with Crippen molar-refractivity contribution in [2.75, 3.05) is 4.90 Å². The van der Waals surface area contributed by atoms with Gasteiger partial charge < -0.3 is 13.7 Å². The van der Waals surface area contributed by atoms with E-state index >= 15 is 0 Å². The first-order valence-electron chi connectivity index (χ1n) is 17.9. The van der Waals surface area contributed by atoms with E-state index in [4.69, 9.17) is 13.8 Å². The summed E-state index contributed by atoms with van der Waals surface area (Å²) in [6.45, 7) is 0. The van der Waals surface area contributed by atoms with E-state index in [9.17, 15) is 0 Å². The van der Waals surface area contributed by atoms with Gasteiger partial charge in [0.15, 0.2) is 5.58 Å². The lowest BCUT2D eigenvalue weighted by atomic mass is 9.94. The fourth-order valence-corrected chi connectivity index (χ4v) is 7.98. The van der Waals surface area contributed by atoms with Crippen LogP contribution in [0.15, 0.2) is 191 Å². The lowest BCUT2D eigenvalue weighted by Gasteiger charge is -2.26. The van der Waals surface area contributed by atoms with E-state index in [1.807, 2.05) is 42.5 Å². The molecule has 4 heteroatoms. The summed E-state index contributed by atoms with van der Waals surface area (Å²) in [5.41, 5.74) is 9.80. The summed E-state index contributed by atoms with van der Waals surface area (Å²) < 4.78 is 13.0. The van der Waals surface area contributed by atoms with Crippen LogP contribution in [0.1, 0.15) is 0 Å². The third-order valence-corrected chi connectivity index (χ3v) is 10.4. The molecule has 0 spiro atoms. The topological polar surface area (TPSA) is 42.4 Å². The van der Waals surface area contributed by atoms with Crippen LogP contribution in [0, 0.1) is 0 Å². The highest BCUT2D eigenvalue weighted by Crippen LogP contribution is 2.44. The molecule has 9 aromatic carbocycles. The number of aromatic nitrogens is 1. The molecule has 248 valence electrons. The lowest BCUT2D eigenvalue weighted by Crippen LogP contribution is -2.10. The molecule has 11 rings (SSSR count). The first kappa shape index (κ1) is 29.5. The molecule has 0 saturated carbocycles. The number of furan rings is 1. The Morgan fingerprint density at radius 3 is 1.85 bits per heavy atom. The minimum Gasteiger partial charge on any atom is -0.456 e. The van der Waals surface area contributed by atoms with Gasteiger partial charge in [-0.1, -0.05) is 121 Å². The molecule has 4 nitrogen and oxygen atoms in total. The van der Waals surface area contributed by atoms with Gasteiger partial charge in [-0.15, -0.1) is 0 Å². The molecular formula is C49H30N2O2. The zero-order valence-electron chi connectivity index (χ0n) is 28.5. The van der Waals surface area contributed by atoms with Gasteiger partial charge in [-0.05, 0) is 87.3 Å². The van der Waals surface area contributed by atoms with E-state index < -0.39 is 0 Å². The van der Waals surface area contributed by atoms with Gasteiger partial charge in [-0.2, -0.15) is 0 Å². The van der Waals surface area contributed by atoms with Crippen molar-refractivity contribution in [1.82, 2.24) is 4.98 Å². The highest BCUT2D eigenvalue weighted by Gasteiger charge is 2.20. The van der Waals surface area contributed by atoms with Crippen LogP contribution < -0.4 is 4.90 Å². The second-order valence-electron chi connectivity index (χ2n) is 13.5. The van der Waals surface area contributed by atoms with Crippen LogP contribution >= 0.6 is 0 Å². The maximum absolute atomic E-state index is 6.54. The predicted octanol–water partition coefficient (Wildman–Crippen LogP) is 14.0. The number of fused-ring (bicyclic) bond motifs is 11. The molecule has 0 amide bonds. The normalized spacial score (nSPS) is 11.8. The number of para-hydroxylation sites is 1. The summed E-state index contributed by atoms with van der Waals surface area (Å²) >= 11 is 0. The molecule has 2 heterocycles. The Bertz CT molecular complexity index is 3180. The van der Waals surface area contributed by atoms with Gasteiger partial charge in [0.05, 0.1) is 0 Å². The number of anilines is 3. The van der Waals surface area contributed by atoms with Gasteiger partial charge >= 0.3 is 0 Å². The summed E-state index contributed by atoms with van der Waals surface area (Å²) in [4.78, 5) is 7.45. The highest BCUT2D eigenvalue weighted by atomic mass is 16.3. The quantitative estimate of drug-likeness (QED) is 0.170. The van der Waals surface area contributed by atoms with Crippen molar-refractivity contribution >= 4 is 82.4 Å². The molecule has 0 N–H and O–H groups in total. The van der Waals surface area contributed by atoms with Crippen molar-refractivity contribution in [1.29, 1.82) is 0 Å². The second kappa shape index (κ2) is 11.7. The number of hydrogen-bond donors (Lipinski definition) is 0. The summed E-state index contributed by atoms with van der Waals surface area (Å²) in [6.07, 6.45) is 0. The fraction of sp³-hybridized carbons (Fsp3) is 0. The Morgan fingerprint density at radius 2 is 1.00 bits per heavy atom. The smallest absolute Gasteiger partial charge is 0.227 e. The molecule has 53 heavy (non-hydrogen) atoms. The number of benzene rings is 9. The van der Waals surface area contributed by atoms with E-state index in [-0.39, 0.29) is 0 Å². The van der Waals surface area contributed by atoms with Crippen molar-refractivity contribution in [3.63, 3.8) is 0 Å². The predicted molar refractivity (Wildman–Crippen MR) is 219 cm³/mol. The summed E-state index contributed by atoms with van der Waals surface area (Å²) in [7, 11) is 0. The van der Waals surface area contributed by atoms with Crippen molar-refractivity contribution in [2.24, 2.45) is 0 Å². The van der Waals surface area contributed by atoms with Crippen LogP contribution in [-0.4, -0.2) is 4.98 Å². The summed E-state index contributed by atoms with van der Waals surface area (Å²) in [5.74, 6) is 0.623. The average molecular weight is 679 g/mol. The average Bonchev–Trinajstić information content (AvgIpc) is 3.84. The van der Waals surface area contributed by atoms with E-state index in [0.29, 0.717) is 5.89 Å². The molecule has 0 aliphatic carbocycles. The zero-order valence-corrected chi connectivity index (χ0v) is 28.5. The van der Waals surface area contributed by atoms with Crippen LogP contribution in [0.3, 0.4) is 0 Å². The molecular weight excluding hydrogens is 649 g/mol. The third-order valence-electron chi connectivity index (χ3n) is 10.4. The minimum absolute atomic E-state index is 0.623. The Balaban J connectivity index is 1.17. The summed E-state index contributed by atoms with van der Waals surface area (Å²) in [6, 6.07) is 63.9. The van der Waals surface area contributed by atoms with Gasteiger partial charge in [-0.25, -0.2) is 4.98 Å². The maximum atomic E-state index is 6.54. The van der Waals surface area contributed by atoms with Gasteiger partial charge in [0, 0.05) is 50.2 Å². The van der Waals surface area contributed by atoms with Gasteiger partial charge in [0.2, 0.25) is 5.89 Å². The Labute approximate surface area is 304 Å².